The molecule has 0 spiro atoms. The topological polar surface area (TPSA) is 103 Å². The van der Waals surface area contributed by atoms with Crippen LogP contribution in [0.15, 0.2) is 27.8 Å². The fourth-order valence-corrected chi connectivity index (χ4v) is 3.67. The van der Waals surface area contributed by atoms with Crippen molar-refractivity contribution in [2.45, 2.75) is 31.4 Å². The fraction of sp³-hybridized carbons (Fsp3) is 0.312. The Bertz CT molecular complexity index is 889. The summed E-state index contributed by atoms with van der Waals surface area (Å²) >= 11 is 2.71. The molecule has 1 N–H and O–H groups in total. The molecule has 0 aliphatic heterocycles. The first-order chi connectivity index (χ1) is 12.5. The van der Waals surface area contributed by atoms with Crippen LogP contribution in [0.5, 0.6) is 0 Å². The largest absolute Gasteiger partial charge is 0.455 e. The van der Waals surface area contributed by atoms with Gasteiger partial charge in [0, 0.05) is 18.5 Å². The van der Waals surface area contributed by atoms with Crippen LogP contribution < -0.4 is 5.32 Å². The van der Waals surface area contributed by atoms with Crippen molar-refractivity contribution in [1.82, 2.24) is 20.2 Å². The Morgan fingerprint density at radius 1 is 1.27 bits per heavy atom. The molecule has 0 saturated heterocycles. The lowest BCUT2D eigenvalue weighted by Crippen LogP contribution is -2.10. The first-order valence-corrected chi connectivity index (χ1v) is 9.50. The molecule has 3 aromatic heterocycles. The predicted molar refractivity (Wildman–Crippen MR) is 98.4 cm³/mol. The van der Waals surface area contributed by atoms with Gasteiger partial charge in [0.2, 0.25) is 5.13 Å². The molecule has 1 amide bonds. The number of nitrogens with zero attached hydrogens (tertiary/aromatic N) is 4. The smallest absolute Gasteiger partial charge is 0.293 e. The Kier molecular flexibility index (Phi) is 5.96. The van der Waals surface area contributed by atoms with E-state index in [2.05, 4.69) is 25.5 Å². The van der Waals surface area contributed by atoms with Gasteiger partial charge in [0.15, 0.2) is 10.9 Å². The van der Waals surface area contributed by atoms with Gasteiger partial charge in [0.1, 0.15) is 17.4 Å². The Balaban J connectivity index is 1.58. The fourth-order valence-electron chi connectivity index (χ4n) is 2.12. The highest BCUT2D eigenvalue weighted by Crippen LogP contribution is 2.22. The molecule has 0 fully saturated rings. The van der Waals surface area contributed by atoms with Crippen LogP contribution in [-0.2, 0) is 17.1 Å². The van der Waals surface area contributed by atoms with Crippen LogP contribution in [0.4, 0.5) is 5.13 Å². The SMILES string of the molecule is COCc1nnc(NC(=O)c2ccc(CSc3nc(C)cc(C)n3)o2)s1. The second-order valence-corrected chi connectivity index (χ2v) is 7.38. The highest BCUT2D eigenvalue weighted by molar-refractivity contribution is 7.98. The molecule has 0 aromatic carbocycles. The molecule has 8 nitrogen and oxygen atoms in total. The molecule has 3 heterocycles. The molecule has 0 aliphatic rings. The normalized spacial score (nSPS) is 10.9. The van der Waals surface area contributed by atoms with Crippen molar-refractivity contribution < 1.29 is 13.9 Å². The number of ether oxygens (including phenoxy) is 1. The Hall–Kier alpha value is -2.30. The number of amides is 1. The number of rotatable bonds is 7. The summed E-state index contributed by atoms with van der Waals surface area (Å²) in [6, 6.07) is 5.32. The highest BCUT2D eigenvalue weighted by Gasteiger charge is 2.14. The van der Waals surface area contributed by atoms with Gasteiger partial charge >= 0.3 is 0 Å². The molecular weight excluding hydrogens is 374 g/mol. The van der Waals surface area contributed by atoms with E-state index in [-0.39, 0.29) is 11.7 Å². The van der Waals surface area contributed by atoms with Crippen molar-refractivity contribution in [3.8, 4) is 0 Å². The maximum atomic E-state index is 12.2. The van der Waals surface area contributed by atoms with Gasteiger partial charge in [0.05, 0.1) is 5.75 Å². The van der Waals surface area contributed by atoms with Gasteiger partial charge in [-0.2, -0.15) is 0 Å². The maximum Gasteiger partial charge on any atom is 0.293 e. The number of hydrogen-bond donors (Lipinski definition) is 1. The molecule has 26 heavy (non-hydrogen) atoms. The van der Waals surface area contributed by atoms with E-state index in [1.807, 2.05) is 19.9 Å². The number of anilines is 1. The molecule has 0 atom stereocenters. The summed E-state index contributed by atoms with van der Waals surface area (Å²) in [5, 5.41) is 12.2. The Morgan fingerprint density at radius 2 is 2.04 bits per heavy atom. The number of nitrogens with one attached hydrogen (secondary N) is 1. The van der Waals surface area contributed by atoms with Gasteiger partial charge in [-0.05, 0) is 32.0 Å². The van der Waals surface area contributed by atoms with Crippen LogP contribution in [0.2, 0.25) is 0 Å². The van der Waals surface area contributed by atoms with Gasteiger partial charge in [-0.1, -0.05) is 23.1 Å². The molecule has 3 aromatic rings. The Morgan fingerprint density at radius 3 is 2.77 bits per heavy atom. The summed E-state index contributed by atoms with van der Waals surface area (Å²) in [4.78, 5) is 21.0. The monoisotopic (exact) mass is 391 g/mol. The quantitative estimate of drug-likeness (QED) is 0.484. The number of methoxy groups -OCH3 is 1. The number of aryl methyl sites for hydroxylation is 2. The lowest BCUT2D eigenvalue weighted by Gasteiger charge is -2.01. The van der Waals surface area contributed by atoms with E-state index in [0.29, 0.717) is 33.4 Å². The standard InChI is InChI=1S/C16H17N5O3S2/c1-9-6-10(2)18-15(17-9)25-8-11-4-5-12(24-11)14(22)19-16-21-20-13(26-16)7-23-3/h4-6H,7-8H2,1-3H3,(H,19,21,22). The van der Waals surface area contributed by atoms with Crippen LogP contribution in [-0.4, -0.2) is 33.2 Å². The third kappa shape index (κ3) is 4.87. The van der Waals surface area contributed by atoms with E-state index in [4.69, 9.17) is 9.15 Å². The molecule has 0 radical (unpaired) electrons. The van der Waals surface area contributed by atoms with E-state index in [9.17, 15) is 4.79 Å². The average molecular weight is 391 g/mol. The van der Waals surface area contributed by atoms with E-state index in [1.165, 1.54) is 23.1 Å². The van der Waals surface area contributed by atoms with E-state index >= 15 is 0 Å². The lowest BCUT2D eigenvalue weighted by molar-refractivity contribution is 0.0995. The van der Waals surface area contributed by atoms with E-state index in [1.54, 1.807) is 19.2 Å². The molecule has 136 valence electrons. The lowest BCUT2D eigenvalue weighted by atomic mass is 10.4. The minimum absolute atomic E-state index is 0.213. The van der Waals surface area contributed by atoms with Crippen LogP contribution in [0, 0.1) is 13.8 Å². The van der Waals surface area contributed by atoms with Crippen LogP contribution in [0.25, 0.3) is 0 Å². The predicted octanol–water partition coefficient (Wildman–Crippen LogP) is 3.23. The van der Waals surface area contributed by atoms with Crippen molar-refractivity contribution >= 4 is 34.1 Å². The molecule has 0 saturated carbocycles. The number of furan rings is 1. The highest BCUT2D eigenvalue weighted by atomic mass is 32.2. The summed E-state index contributed by atoms with van der Waals surface area (Å²) < 4.78 is 10.6. The minimum Gasteiger partial charge on any atom is -0.455 e. The summed E-state index contributed by atoms with van der Waals surface area (Å²) in [5.41, 5.74) is 1.84. The van der Waals surface area contributed by atoms with Crippen molar-refractivity contribution in [3.63, 3.8) is 0 Å². The maximum absolute atomic E-state index is 12.2. The van der Waals surface area contributed by atoms with Crippen molar-refractivity contribution in [2.75, 3.05) is 12.4 Å². The van der Waals surface area contributed by atoms with E-state index < -0.39 is 0 Å². The van der Waals surface area contributed by atoms with Crippen LogP contribution in [0.1, 0.15) is 32.7 Å². The molecular formula is C16H17N5O3S2. The third-order valence-corrected chi connectivity index (χ3v) is 4.83. The summed E-state index contributed by atoms with van der Waals surface area (Å²) in [7, 11) is 1.57. The number of hydrogen-bond acceptors (Lipinski definition) is 9. The van der Waals surface area contributed by atoms with Crippen molar-refractivity contribution in [2.24, 2.45) is 0 Å². The zero-order valence-corrected chi connectivity index (χ0v) is 16.1. The number of thioether (sulfide) groups is 1. The zero-order valence-electron chi connectivity index (χ0n) is 14.5. The number of carbonyl (C=O) groups is 1. The Labute approximate surface area is 158 Å². The molecule has 0 aliphatic carbocycles. The average Bonchev–Trinajstić information content (AvgIpc) is 3.22. The summed E-state index contributed by atoms with van der Waals surface area (Å²) in [6.07, 6.45) is 0. The van der Waals surface area contributed by atoms with Gasteiger partial charge in [-0.25, -0.2) is 9.97 Å². The van der Waals surface area contributed by atoms with Gasteiger partial charge in [0.25, 0.3) is 5.91 Å². The van der Waals surface area contributed by atoms with Crippen molar-refractivity contribution in [1.29, 1.82) is 0 Å². The third-order valence-electron chi connectivity index (χ3n) is 3.15. The minimum atomic E-state index is -0.371. The second kappa shape index (κ2) is 8.39. The van der Waals surface area contributed by atoms with Crippen molar-refractivity contribution in [3.05, 3.63) is 46.1 Å². The van der Waals surface area contributed by atoms with Crippen LogP contribution >= 0.6 is 23.1 Å². The number of aromatic nitrogens is 4. The summed E-state index contributed by atoms with van der Waals surface area (Å²) in [6.45, 7) is 4.22. The molecule has 0 unspecified atom stereocenters. The summed E-state index contributed by atoms with van der Waals surface area (Å²) in [5.74, 6) is 1.04. The first kappa shape index (κ1) is 18.5. The molecule has 0 bridgehead atoms. The molecule has 10 heteroatoms. The van der Waals surface area contributed by atoms with Gasteiger partial charge < -0.3 is 9.15 Å². The van der Waals surface area contributed by atoms with Gasteiger partial charge in [-0.15, -0.1) is 10.2 Å². The number of carbonyl (C=O) groups excluding carboxylic acids is 1. The molecule has 3 rings (SSSR count). The van der Waals surface area contributed by atoms with E-state index in [0.717, 1.165) is 11.4 Å². The first-order valence-electron chi connectivity index (χ1n) is 7.70. The second-order valence-electron chi connectivity index (χ2n) is 5.38. The van der Waals surface area contributed by atoms with Crippen LogP contribution in [0.3, 0.4) is 0 Å². The zero-order chi connectivity index (χ0) is 18.5. The van der Waals surface area contributed by atoms with Gasteiger partial charge in [-0.3, -0.25) is 10.1 Å².